The Hall–Kier alpha value is -1.06. The minimum absolute atomic E-state index is 0.185. The van der Waals surface area contributed by atoms with Crippen LogP contribution in [0, 0.1) is 19.3 Å². The van der Waals surface area contributed by atoms with Crippen molar-refractivity contribution in [3.05, 3.63) is 28.8 Å². The molecule has 3 heteroatoms. The van der Waals surface area contributed by atoms with E-state index < -0.39 is 0 Å². The Morgan fingerprint density at radius 3 is 2.47 bits per heavy atom. The first-order chi connectivity index (χ1) is 9.01. The van der Waals surface area contributed by atoms with Crippen LogP contribution >= 0.6 is 0 Å². The molecule has 0 saturated heterocycles. The maximum atomic E-state index is 9.40. The van der Waals surface area contributed by atoms with Crippen molar-refractivity contribution in [3.63, 3.8) is 0 Å². The smallest absolute Gasteiger partial charge is 0.122 e. The van der Waals surface area contributed by atoms with Gasteiger partial charge in [0.15, 0.2) is 0 Å². The Morgan fingerprint density at radius 2 is 1.95 bits per heavy atom. The van der Waals surface area contributed by atoms with Crippen LogP contribution in [0.15, 0.2) is 12.1 Å². The summed E-state index contributed by atoms with van der Waals surface area (Å²) in [6.07, 6.45) is 2.32. The lowest BCUT2D eigenvalue weighted by Crippen LogP contribution is -2.28. The highest BCUT2D eigenvalue weighted by molar-refractivity contribution is 5.43. The molecular weight excluding hydrogens is 238 g/mol. The Labute approximate surface area is 116 Å². The summed E-state index contributed by atoms with van der Waals surface area (Å²) in [4.78, 5) is 2.32. The maximum absolute atomic E-state index is 9.40. The van der Waals surface area contributed by atoms with Crippen molar-refractivity contribution in [2.45, 2.75) is 33.2 Å². The third-order valence-corrected chi connectivity index (χ3v) is 4.41. The molecule has 106 valence electrons. The second kappa shape index (κ2) is 5.51. The van der Waals surface area contributed by atoms with Crippen LogP contribution in [-0.2, 0) is 6.54 Å². The molecule has 1 saturated carbocycles. The zero-order valence-electron chi connectivity index (χ0n) is 12.5. The van der Waals surface area contributed by atoms with Crippen molar-refractivity contribution in [2.24, 2.45) is 5.41 Å². The van der Waals surface area contributed by atoms with Gasteiger partial charge in [0.2, 0.25) is 0 Å². The van der Waals surface area contributed by atoms with Gasteiger partial charge in [-0.15, -0.1) is 0 Å². The van der Waals surface area contributed by atoms with E-state index in [0.717, 1.165) is 31.7 Å². The summed E-state index contributed by atoms with van der Waals surface area (Å²) < 4.78 is 5.35. The Morgan fingerprint density at radius 1 is 1.26 bits per heavy atom. The lowest BCUT2D eigenvalue weighted by Gasteiger charge is -2.23. The fraction of sp³-hybridized carbons (Fsp3) is 0.625. The first-order valence-corrected chi connectivity index (χ1v) is 6.94. The quantitative estimate of drug-likeness (QED) is 0.856. The van der Waals surface area contributed by atoms with Gasteiger partial charge in [0, 0.05) is 25.1 Å². The zero-order chi connectivity index (χ0) is 14.0. The van der Waals surface area contributed by atoms with Gasteiger partial charge in [-0.3, -0.25) is 0 Å². The molecule has 1 aliphatic carbocycles. The average molecular weight is 263 g/mol. The third-order valence-electron chi connectivity index (χ3n) is 4.41. The van der Waals surface area contributed by atoms with Gasteiger partial charge in [0.05, 0.1) is 7.11 Å². The molecule has 0 atom stereocenters. The summed E-state index contributed by atoms with van der Waals surface area (Å²) in [5.74, 6) is 0.956. The molecule has 0 radical (unpaired) electrons. The van der Waals surface area contributed by atoms with Gasteiger partial charge < -0.3 is 14.7 Å². The molecular formula is C16H25NO2. The van der Waals surface area contributed by atoms with Crippen LogP contribution in [0.5, 0.6) is 5.75 Å². The second-order valence-corrected chi connectivity index (χ2v) is 6.01. The molecule has 1 aromatic carbocycles. The molecule has 1 fully saturated rings. The summed E-state index contributed by atoms with van der Waals surface area (Å²) in [5, 5.41) is 9.40. The number of hydrogen-bond donors (Lipinski definition) is 1. The molecule has 1 N–H and O–H groups in total. The number of hydrogen-bond acceptors (Lipinski definition) is 3. The molecule has 1 aromatic rings. The minimum Gasteiger partial charge on any atom is -0.496 e. The molecule has 2 rings (SSSR count). The highest BCUT2D eigenvalue weighted by atomic mass is 16.5. The van der Waals surface area contributed by atoms with Crippen LogP contribution in [0.25, 0.3) is 0 Å². The largest absolute Gasteiger partial charge is 0.496 e. The van der Waals surface area contributed by atoms with Crippen molar-refractivity contribution in [3.8, 4) is 5.75 Å². The number of benzene rings is 1. The second-order valence-electron chi connectivity index (χ2n) is 6.01. The maximum Gasteiger partial charge on any atom is 0.122 e. The topological polar surface area (TPSA) is 32.7 Å². The van der Waals surface area contributed by atoms with Gasteiger partial charge in [0.25, 0.3) is 0 Å². The van der Waals surface area contributed by atoms with Crippen LogP contribution in [0.3, 0.4) is 0 Å². The van der Waals surface area contributed by atoms with Crippen molar-refractivity contribution in [2.75, 3.05) is 27.3 Å². The predicted molar refractivity (Wildman–Crippen MR) is 77.6 cm³/mol. The molecule has 0 spiro atoms. The average Bonchev–Trinajstić information content (AvgIpc) is 3.15. The summed E-state index contributed by atoms with van der Waals surface area (Å²) in [5.41, 5.74) is 4.05. The van der Waals surface area contributed by atoms with Crippen LogP contribution < -0.4 is 4.74 Å². The molecule has 3 nitrogen and oxygen atoms in total. The summed E-state index contributed by atoms with van der Waals surface area (Å²) in [6.45, 7) is 6.48. The van der Waals surface area contributed by atoms with Crippen LogP contribution in [0.1, 0.15) is 29.5 Å². The van der Waals surface area contributed by atoms with E-state index in [1.807, 2.05) is 6.07 Å². The van der Waals surface area contributed by atoms with E-state index in [2.05, 4.69) is 31.9 Å². The van der Waals surface area contributed by atoms with Crippen molar-refractivity contribution >= 4 is 0 Å². The molecule has 0 aromatic heterocycles. The number of ether oxygens (including phenoxy) is 1. The molecule has 0 aliphatic heterocycles. The van der Waals surface area contributed by atoms with Gasteiger partial charge in [-0.2, -0.15) is 0 Å². The predicted octanol–water partition coefficient (Wildman–Crippen LogP) is 2.52. The van der Waals surface area contributed by atoms with Crippen molar-refractivity contribution in [1.82, 2.24) is 4.90 Å². The van der Waals surface area contributed by atoms with E-state index in [0.29, 0.717) is 6.61 Å². The van der Waals surface area contributed by atoms with E-state index in [9.17, 15) is 5.11 Å². The van der Waals surface area contributed by atoms with E-state index in [1.54, 1.807) is 7.11 Å². The van der Waals surface area contributed by atoms with Crippen LogP contribution in [0.4, 0.5) is 0 Å². The third kappa shape index (κ3) is 3.10. The Kier molecular flexibility index (Phi) is 4.16. The van der Waals surface area contributed by atoms with E-state index in [4.69, 9.17) is 4.74 Å². The van der Waals surface area contributed by atoms with Crippen molar-refractivity contribution in [1.29, 1.82) is 0 Å². The molecule has 0 bridgehead atoms. The number of methoxy groups -OCH3 is 1. The van der Waals surface area contributed by atoms with Crippen LogP contribution in [0.2, 0.25) is 0 Å². The first-order valence-electron chi connectivity index (χ1n) is 6.94. The molecule has 19 heavy (non-hydrogen) atoms. The number of aliphatic hydroxyl groups excluding tert-OH is 1. The van der Waals surface area contributed by atoms with E-state index in [-0.39, 0.29) is 5.41 Å². The fourth-order valence-corrected chi connectivity index (χ4v) is 2.71. The minimum atomic E-state index is 0.185. The highest BCUT2D eigenvalue weighted by Crippen LogP contribution is 2.45. The normalized spacial score (nSPS) is 16.7. The fourth-order valence-electron chi connectivity index (χ4n) is 2.71. The number of aliphatic hydroxyl groups is 1. The van der Waals surface area contributed by atoms with Gasteiger partial charge in [-0.25, -0.2) is 0 Å². The highest BCUT2D eigenvalue weighted by Gasteiger charge is 2.42. The monoisotopic (exact) mass is 263 g/mol. The lowest BCUT2D eigenvalue weighted by molar-refractivity contribution is 0.161. The summed E-state index contributed by atoms with van der Waals surface area (Å²) >= 11 is 0. The number of rotatable bonds is 6. The Balaban J connectivity index is 2.05. The first kappa shape index (κ1) is 14.4. The van der Waals surface area contributed by atoms with Gasteiger partial charge in [0.1, 0.15) is 5.75 Å². The molecule has 1 aliphatic rings. The van der Waals surface area contributed by atoms with Crippen LogP contribution in [-0.4, -0.2) is 37.3 Å². The molecule has 0 heterocycles. The van der Waals surface area contributed by atoms with Crippen molar-refractivity contribution < 1.29 is 9.84 Å². The van der Waals surface area contributed by atoms with Gasteiger partial charge in [-0.1, -0.05) is 6.07 Å². The number of nitrogens with zero attached hydrogens (tertiary/aromatic N) is 1. The summed E-state index contributed by atoms with van der Waals surface area (Å²) in [6, 6.07) is 4.20. The van der Waals surface area contributed by atoms with Gasteiger partial charge >= 0.3 is 0 Å². The zero-order valence-corrected chi connectivity index (χ0v) is 12.5. The molecule has 0 amide bonds. The summed E-state index contributed by atoms with van der Waals surface area (Å²) in [7, 11) is 3.85. The SMILES string of the molecule is COc1ccc(CN(C)CC2(CO)CC2)c(C)c1C. The van der Waals surface area contributed by atoms with Gasteiger partial charge in [-0.05, 0) is 56.5 Å². The molecule has 0 unspecified atom stereocenters. The lowest BCUT2D eigenvalue weighted by atomic mass is 10.0. The standard InChI is InChI=1S/C16H25NO2/c1-12-13(2)15(19-4)6-5-14(12)9-17(3)10-16(11-18)7-8-16/h5-6,18H,7-11H2,1-4H3. The van der Waals surface area contributed by atoms with E-state index in [1.165, 1.54) is 16.7 Å². The Bertz CT molecular complexity index is 452. The van der Waals surface area contributed by atoms with E-state index >= 15 is 0 Å².